The van der Waals surface area contributed by atoms with Crippen LogP contribution in [0.2, 0.25) is 0 Å². The fraction of sp³-hybridized carbons (Fsp3) is 0.583. The number of nitrogens with two attached hydrogens (primary N) is 1. The van der Waals surface area contributed by atoms with E-state index in [1.54, 1.807) is 0 Å². The molecular formula is C12H18N5O12P3. The van der Waals surface area contributed by atoms with Gasteiger partial charge in [-0.2, -0.15) is 8.62 Å². The number of hydrogen-bond donors (Lipinski definition) is 7. The van der Waals surface area contributed by atoms with Gasteiger partial charge in [0.1, 0.15) is 17.9 Å². The fourth-order valence-electron chi connectivity index (χ4n) is 4.12. The van der Waals surface area contributed by atoms with Crippen LogP contribution in [0, 0.1) is 11.3 Å². The summed E-state index contributed by atoms with van der Waals surface area (Å²) < 4.78 is 47.6. The summed E-state index contributed by atoms with van der Waals surface area (Å²) in [5.74, 6) is -0.370. The Morgan fingerprint density at radius 2 is 1.78 bits per heavy atom. The minimum atomic E-state index is -5.67. The minimum Gasteiger partial charge on any atom is -0.390 e. The second-order valence-electron chi connectivity index (χ2n) is 7.42. The van der Waals surface area contributed by atoms with Gasteiger partial charge in [0.25, 0.3) is 0 Å². The van der Waals surface area contributed by atoms with Crippen molar-refractivity contribution in [2.75, 3.05) is 12.3 Å². The number of aromatic nitrogens is 4. The van der Waals surface area contributed by atoms with Crippen molar-refractivity contribution >= 4 is 40.4 Å². The van der Waals surface area contributed by atoms with Crippen molar-refractivity contribution in [3.05, 3.63) is 12.7 Å². The maximum Gasteiger partial charge on any atom is 0.490 e. The molecule has 20 heteroatoms. The molecule has 7 atom stereocenters. The SMILES string of the molecule is Nc1ncnc2c1ncn2[C@@H]1[C@H]2C[C@@]2(COP(=O)(O)OP(=O)(O)OP(=O)(O)O)C(O)[C@@H]1O. The van der Waals surface area contributed by atoms with Crippen LogP contribution in [0.25, 0.3) is 11.2 Å². The lowest BCUT2D eigenvalue weighted by Gasteiger charge is -2.24. The molecule has 0 bridgehead atoms. The van der Waals surface area contributed by atoms with E-state index in [0.717, 1.165) is 0 Å². The van der Waals surface area contributed by atoms with E-state index in [9.17, 15) is 33.7 Å². The number of phosphoric acid groups is 3. The molecule has 2 heterocycles. The molecule has 0 aliphatic heterocycles. The number of imidazole rings is 1. The number of aliphatic hydroxyl groups is 2. The number of aliphatic hydroxyl groups excluding tert-OH is 2. The van der Waals surface area contributed by atoms with E-state index in [-0.39, 0.29) is 17.8 Å². The van der Waals surface area contributed by atoms with Gasteiger partial charge in [0.05, 0.1) is 25.1 Å². The Morgan fingerprint density at radius 3 is 2.44 bits per heavy atom. The lowest BCUT2D eigenvalue weighted by molar-refractivity contribution is -0.0297. The molecule has 0 amide bonds. The van der Waals surface area contributed by atoms with Crippen LogP contribution in [0.15, 0.2) is 12.7 Å². The predicted molar refractivity (Wildman–Crippen MR) is 101 cm³/mol. The van der Waals surface area contributed by atoms with Crippen LogP contribution in [0.3, 0.4) is 0 Å². The quantitative estimate of drug-likeness (QED) is 0.208. The van der Waals surface area contributed by atoms with Gasteiger partial charge in [-0.1, -0.05) is 0 Å². The van der Waals surface area contributed by atoms with Gasteiger partial charge in [0, 0.05) is 5.41 Å². The third-order valence-electron chi connectivity index (χ3n) is 5.47. The zero-order chi connectivity index (χ0) is 23.7. The predicted octanol–water partition coefficient (Wildman–Crippen LogP) is -0.965. The Hall–Kier alpha value is -1.32. The summed E-state index contributed by atoms with van der Waals surface area (Å²) in [6.45, 7) is -0.695. The van der Waals surface area contributed by atoms with Crippen molar-refractivity contribution in [2.24, 2.45) is 11.3 Å². The van der Waals surface area contributed by atoms with Crippen LogP contribution in [0.5, 0.6) is 0 Å². The van der Waals surface area contributed by atoms with Crippen LogP contribution in [-0.2, 0) is 26.8 Å². The maximum atomic E-state index is 12.0. The number of fused-ring (bicyclic) bond motifs is 2. The molecule has 4 rings (SSSR count). The van der Waals surface area contributed by atoms with E-state index >= 15 is 0 Å². The number of phosphoric ester groups is 1. The Balaban J connectivity index is 1.50. The molecule has 2 aliphatic carbocycles. The maximum absolute atomic E-state index is 12.0. The molecule has 0 aromatic carbocycles. The molecule has 2 fully saturated rings. The third-order valence-corrected chi connectivity index (χ3v) is 9.26. The Bertz CT molecular complexity index is 1200. The molecule has 0 spiro atoms. The topological polar surface area (TPSA) is 270 Å². The summed E-state index contributed by atoms with van der Waals surface area (Å²) in [5, 5.41) is 21.2. The van der Waals surface area contributed by atoms with Crippen molar-refractivity contribution < 1.29 is 56.6 Å². The number of nitrogens with zero attached hydrogens (tertiary/aromatic N) is 4. The van der Waals surface area contributed by atoms with Crippen LogP contribution < -0.4 is 5.73 Å². The molecule has 2 aromatic heterocycles. The molecule has 8 N–H and O–H groups in total. The van der Waals surface area contributed by atoms with Gasteiger partial charge in [0.2, 0.25) is 0 Å². The van der Waals surface area contributed by atoms with Crippen molar-refractivity contribution in [1.29, 1.82) is 0 Å². The highest BCUT2D eigenvalue weighted by Gasteiger charge is 2.72. The summed E-state index contributed by atoms with van der Waals surface area (Å²) in [7, 11) is -16.6. The van der Waals surface area contributed by atoms with Crippen molar-refractivity contribution in [3.63, 3.8) is 0 Å². The molecule has 32 heavy (non-hydrogen) atoms. The smallest absolute Gasteiger partial charge is 0.390 e. The number of hydrogen-bond acceptors (Lipinski definition) is 12. The molecule has 2 saturated carbocycles. The van der Waals surface area contributed by atoms with E-state index < -0.39 is 59.7 Å². The highest BCUT2D eigenvalue weighted by Crippen LogP contribution is 2.71. The first-order chi connectivity index (χ1) is 14.7. The molecule has 0 saturated heterocycles. The Morgan fingerprint density at radius 1 is 1.09 bits per heavy atom. The normalized spacial score (nSPS) is 33.6. The van der Waals surface area contributed by atoms with E-state index in [2.05, 4.69) is 28.1 Å². The Labute approximate surface area is 178 Å². The monoisotopic (exact) mass is 517 g/mol. The molecular weight excluding hydrogens is 499 g/mol. The van der Waals surface area contributed by atoms with E-state index in [4.69, 9.17) is 15.5 Å². The largest absolute Gasteiger partial charge is 0.490 e. The average molecular weight is 517 g/mol. The number of rotatable bonds is 8. The zero-order valence-electron chi connectivity index (χ0n) is 15.7. The van der Waals surface area contributed by atoms with Gasteiger partial charge >= 0.3 is 23.5 Å². The standard InChI is InChI=1S/C12H18N5O12P3/c13-10-6-11(15-3-14-10)17(4-16-6)7-5-1-12(5,9(19)8(7)18)2-27-31(23,24)29-32(25,26)28-30(20,21)22/h3-5,7-9,18-19H,1-2H2,(H,23,24)(H,25,26)(H2,13,14,15)(H2,20,21,22)/t5-,7-,8-,9?,12+/m1/s1. The van der Waals surface area contributed by atoms with Gasteiger partial charge in [-0.05, 0) is 12.3 Å². The molecule has 3 unspecified atom stereocenters. The summed E-state index contributed by atoms with van der Waals surface area (Å²) in [6, 6.07) is -0.756. The van der Waals surface area contributed by atoms with Crippen LogP contribution >= 0.6 is 23.5 Å². The summed E-state index contributed by atoms with van der Waals surface area (Å²) in [4.78, 5) is 48.0. The van der Waals surface area contributed by atoms with Gasteiger partial charge in [0.15, 0.2) is 11.5 Å². The highest BCUT2D eigenvalue weighted by atomic mass is 31.3. The highest BCUT2D eigenvalue weighted by molar-refractivity contribution is 7.66. The van der Waals surface area contributed by atoms with Gasteiger partial charge in [-0.15, -0.1) is 0 Å². The summed E-state index contributed by atoms with van der Waals surface area (Å²) in [5.41, 5.74) is 5.11. The average Bonchev–Trinajstić information content (AvgIpc) is 3.12. The van der Waals surface area contributed by atoms with Crippen LogP contribution in [-0.4, -0.2) is 68.1 Å². The lowest BCUT2D eigenvalue weighted by Crippen LogP contribution is -2.35. The second kappa shape index (κ2) is 7.60. The zero-order valence-corrected chi connectivity index (χ0v) is 18.4. The molecule has 2 aromatic rings. The van der Waals surface area contributed by atoms with Crippen LogP contribution in [0.4, 0.5) is 5.82 Å². The molecule has 178 valence electrons. The molecule has 0 radical (unpaired) electrons. The summed E-state index contributed by atoms with van der Waals surface area (Å²) >= 11 is 0. The van der Waals surface area contributed by atoms with Gasteiger partial charge < -0.3 is 40.1 Å². The molecule has 2 aliphatic rings. The molecule has 17 nitrogen and oxygen atoms in total. The first kappa shape index (κ1) is 23.8. The third kappa shape index (κ3) is 4.28. The minimum absolute atomic E-state index is 0.108. The Kier molecular flexibility index (Phi) is 5.66. The summed E-state index contributed by atoms with van der Waals surface area (Å²) in [6.07, 6.45) is -0.00416. The van der Waals surface area contributed by atoms with Crippen molar-refractivity contribution in [2.45, 2.75) is 24.7 Å². The van der Waals surface area contributed by atoms with Crippen molar-refractivity contribution in [3.8, 4) is 0 Å². The number of anilines is 1. The lowest BCUT2D eigenvalue weighted by atomic mass is 10.0. The second-order valence-corrected chi connectivity index (χ2v) is 11.8. The fourth-order valence-corrected chi connectivity index (χ4v) is 7.22. The number of nitrogen functional groups attached to an aromatic ring is 1. The van der Waals surface area contributed by atoms with Gasteiger partial charge in [-0.25, -0.2) is 28.6 Å². The van der Waals surface area contributed by atoms with Gasteiger partial charge in [-0.3, -0.25) is 4.52 Å². The van der Waals surface area contributed by atoms with E-state index in [1.165, 1.54) is 17.2 Å². The van der Waals surface area contributed by atoms with E-state index in [0.29, 0.717) is 5.65 Å². The van der Waals surface area contributed by atoms with Crippen molar-refractivity contribution in [1.82, 2.24) is 19.5 Å². The first-order valence-corrected chi connectivity index (χ1v) is 13.3. The van der Waals surface area contributed by atoms with E-state index in [1.807, 2.05) is 0 Å². The first-order valence-electron chi connectivity index (χ1n) is 8.73. The van der Waals surface area contributed by atoms with Crippen LogP contribution in [0.1, 0.15) is 12.5 Å².